The van der Waals surface area contributed by atoms with Crippen LogP contribution in [0.3, 0.4) is 0 Å². The lowest BCUT2D eigenvalue weighted by molar-refractivity contribution is 0.100. The van der Waals surface area contributed by atoms with E-state index in [9.17, 15) is 9.18 Å². The topological polar surface area (TPSA) is 39.4 Å². The predicted molar refractivity (Wildman–Crippen MR) is 67.5 cm³/mol. The van der Waals surface area contributed by atoms with Crippen molar-refractivity contribution in [3.05, 3.63) is 51.6 Å². The summed E-state index contributed by atoms with van der Waals surface area (Å²) in [6.45, 7) is 1.77. The van der Waals surface area contributed by atoms with Crippen molar-refractivity contribution >= 4 is 21.7 Å². The summed E-state index contributed by atoms with van der Waals surface area (Å²) in [6.07, 6.45) is 1.44. The SMILES string of the molecule is COc1cc(F)c(Br)cc1C(=O)c1occc1C. The molecule has 0 saturated heterocycles. The Balaban J connectivity index is 2.54. The number of aryl methyl sites for hydroxylation is 1. The van der Waals surface area contributed by atoms with E-state index >= 15 is 0 Å². The fourth-order valence-corrected chi connectivity index (χ4v) is 1.95. The molecule has 0 bridgehead atoms. The first-order valence-electron chi connectivity index (χ1n) is 5.16. The van der Waals surface area contributed by atoms with Gasteiger partial charge in [-0.2, -0.15) is 0 Å². The Labute approximate surface area is 112 Å². The molecule has 0 radical (unpaired) electrons. The molecule has 0 unspecified atom stereocenters. The van der Waals surface area contributed by atoms with Crippen LogP contribution in [0.1, 0.15) is 21.7 Å². The summed E-state index contributed by atoms with van der Waals surface area (Å²) in [5.74, 6) is -0.419. The number of rotatable bonds is 3. The van der Waals surface area contributed by atoms with Gasteiger partial charge in [0.15, 0.2) is 5.76 Å². The first-order chi connectivity index (χ1) is 8.54. The molecule has 94 valence electrons. The molecular formula is C13H10BrFO3. The molecule has 0 saturated carbocycles. The first kappa shape index (κ1) is 12.8. The van der Waals surface area contributed by atoms with Gasteiger partial charge in [-0.1, -0.05) is 0 Å². The van der Waals surface area contributed by atoms with Gasteiger partial charge in [0.1, 0.15) is 11.6 Å². The van der Waals surface area contributed by atoms with Gasteiger partial charge in [0.25, 0.3) is 0 Å². The van der Waals surface area contributed by atoms with E-state index < -0.39 is 5.82 Å². The van der Waals surface area contributed by atoms with E-state index in [0.717, 1.165) is 11.6 Å². The molecule has 2 rings (SSSR count). The van der Waals surface area contributed by atoms with E-state index in [-0.39, 0.29) is 27.3 Å². The molecule has 0 N–H and O–H groups in total. The van der Waals surface area contributed by atoms with Gasteiger partial charge in [0.05, 0.1) is 23.4 Å². The van der Waals surface area contributed by atoms with Crippen LogP contribution in [0.4, 0.5) is 4.39 Å². The molecule has 0 aliphatic heterocycles. The van der Waals surface area contributed by atoms with Crippen LogP contribution in [0.15, 0.2) is 33.4 Å². The third kappa shape index (κ3) is 2.18. The smallest absolute Gasteiger partial charge is 0.232 e. The molecule has 5 heteroatoms. The Morgan fingerprint density at radius 3 is 2.72 bits per heavy atom. The summed E-state index contributed by atoms with van der Waals surface area (Å²) < 4.78 is 23.7. The molecule has 0 aliphatic carbocycles. The maximum atomic E-state index is 13.4. The van der Waals surface area contributed by atoms with Crippen LogP contribution >= 0.6 is 15.9 Å². The Kier molecular flexibility index (Phi) is 3.52. The van der Waals surface area contributed by atoms with E-state index in [1.54, 1.807) is 13.0 Å². The molecule has 1 heterocycles. The molecule has 3 nitrogen and oxygen atoms in total. The van der Waals surface area contributed by atoms with Gasteiger partial charge in [0, 0.05) is 6.07 Å². The number of methoxy groups -OCH3 is 1. The lowest BCUT2D eigenvalue weighted by Crippen LogP contribution is -2.05. The number of ether oxygens (including phenoxy) is 1. The highest BCUT2D eigenvalue weighted by molar-refractivity contribution is 9.10. The van der Waals surface area contributed by atoms with Crippen LogP contribution in [0, 0.1) is 12.7 Å². The number of carbonyl (C=O) groups excluding carboxylic acids is 1. The van der Waals surface area contributed by atoms with E-state index in [1.807, 2.05) is 0 Å². The summed E-state index contributed by atoms with van der Waals surface area (Å²) in [6, 6.07) is 4.24. The zero-order valence-corrected chi connectivity index (χ0v) is 11.4. The molecule has 0 amide bonds. The largest absolute Gasteiger partial charge is 0.496 e. The monoisotopic (exact) mass is 312 g/mol. The summed E-state index contributed by atoms with van der Waals surface area (Å²) in [7, 11) is 1.38. The number of benzene rings is 1. The van der Waals surface area contributed by atoms with Gasteiger partial charge < -0.3 is 9.15 Å². The fourth-order valence-electron chi connectivity index (χ4n) is 1.60. The highest BCUT2D eigenvalue weighted by atomic mass is 79.9. The number of hydrogen-bond donors (Lipinski definition) is 0. The highest BCUT2D eigenvalue weighted by Crippen LogP contribution is 2.29. The quantitative estimate of drug-likeness (QED) is 0.811. The van der Waals surface area contributed by atoms with Crippen LogP contribution in [0.2, 0.25) is 0 Å². The van der Waals surface area contributed by atoms with E-state index in [4.69, 9.17) is 9.15 Å². The average Bonchev–Trinajstić information content (AvgIpc) is 2.77. The number of halogens is 2. The summed E-state index contributed by atoms with van der Waals surface area (Å²) in [5, 5.41) is 0. The van der Waals surface area contributed by atoms with Gasteiger partial charge in [0.2, 0.25) is 5.78 Å². The normalized spacial score (nSPS) is 10.4. The Hall–Kier alpha value is -1.62. The Morgan fingerprint density at radius 1 is 1.44 bits per heavy atom. The van der Waals surface area contributed by atoms with Crippen LogP contribution < -0.4 is 4.74 Å². The second-order valence-electron chi connectivity index (χ2n) is 3.73. The second kappa shape index (κ2) is 4.94. The maximum absolute atomic E-state index is 13.4. The zero-order chi connectivity index (χ0) is 13.3. The van der Waals surface area contributed by atoms with Crippen LogP contribution in [0.5, 0.6) is 5.75 Å². The minimum Gasteiger partial charge on any atom is -0.496 e. The van der Waals surface area contributed by atoms with Gasteiger partial charge in [-0.25, -0.2) is 4.39 Å². The molecule has 1 aromatic carbocycles. The van der Waals surface area contributed by atoms with Crippen molar-refractivity contribution in [1.29, 1.82) is 0 Å². The van der Waals surface area contributed by atoms with Gasteiger partial charge in [-0.05, 0) is 40.5 Å². The van der Waals surface area contributed by atoms with E-state index in [0.29, 0.717) is 0 Å². The van der Waals surface area contributed by atoms with Crippen LogP contribution in [-0.2, 0) is 0 Å². The zero-order valence-electron chi connectivity index (χ0n) is 9.79. The molecule has 18 heavy (non-hydrogen) atoms. The van der Waals surface area contributed by atoms with Crippen LogP contribution in [-0.4, -0.2) is 12.9 Å². The molecular weight excluding hydrogens is 303 g/mol. The minimum atomic E-state index is -0.487. The minimum absolute atomic E-state index is 0.177. The van der Waals surface area contributed by atoms with Crippen molar-refractivity contribution in [3.63, 3.8) is 0 Å². The third-order valence-electron chi connectivity index (χ3n) is 2.56. The van der Waals surface area contributed by atoms with Gasteiger partial charge in [-0.15, -0.1) is 0 Å². The molecule has 0 fully saturated rings. The van der Waals surface area contributed by atoms with Gasteiger partial charge in [-0.3, -0.25) is 4.79 Å². The maximum Gasteiger partial charge on any atom is 0.232 e. The summed E-state index contributed by atoms with van der Waals surface area (Å²) in [5.41, 5.74) is 0.978. The van der Waals surface area contributed by atoms with Crippen LogP contribution in [0.25, 0.3) is 0 Å². The summed E-state index contributed by atoms with van der Waals surface area (Å²) in [4.78, 5) is 12.3. The van der Waals surface area contributed by atoms with Crippen molar-refractivity contribution in [3.8, 4) is 5.75 Å². The van der Waals surface area contributed by atoms with Gasteiger partial charge >= 0.3 is 0 Å². The predicted octanol–water partition coefficient (Wildman–Crippen LogP) is 3.73. The van der Waals surface area contributed by atoms with E-state index in [1.165, 1.54) is 19.4 Å². The molecule has 2 aromatic rings. The number of ketones is 1. The van der Waals surface area contributed by atoms with Crippen molar-refractivity contribution in [2.24, 2.45) is 0 Å². The average molecular weight is 313 g/mol. The lowest BCUT2D eigenvalue weighted by Gasteiger charge is -2.08. The van der Waals surface area contributed by atoms with Crippen molar-refractivity contribution in [1.82, 2.24) is 0 Å². The molecule has 0 aliphatic rings. The standard InChI is InChI=1S/C13H10BrFO3/c1-7-3-4-18-13(7)12(16)8-5-9(14)10(15)6-11(8)17-2/h3-6H,1-2H3. The fraction of sp³-hybridized carbons (Fsp3) is 0.154. The second-order valence-corrected chi connectivity index (χ2v) is 4.58. The number of hydrogen-bond acceptors (Lipinski definition) is 3. The third-order valence-corrected chi connectivity index (χ3v) is 3.16. The number of carbonyl (C=O) groups is 1. The van der Waals surface area contributed by atoms with E-state index in [2.05, 4.69) is 15.9 Å². The van der Waals surface area contributed by atoms with Crippen molar-refractivity contribution in [2.75, 3.05) is 7.11 Å². The number of furan rings is 1. The molecule has 1 aromatic heterocycles. The first-order valence-corrected chi connectivity index (χ1v) is 5.95. The van der Waals surface area contributed by atoms with Crippen molar-refractivity contribution in [2.45, 2.75) is 6.92 Å². The molecule has 0 atom stereocenters. The van der Waals surface area contributed by atoms with Crippen molar-refractivity contribution < 1.29 is 18.3 Å². The highest BCUT2D eigenvalue weighted by Gasteiger charge is 2.21. The Bertz CT molecular complexity index is 604. The Morgan fingerprint density at radius 2 is 2.17 bits per heavy atom. The molecule has 0 spiro atoms. The lowest BCUT2D eigenvalue weighted by atomic mass is 10.1. The summed E-state index contributed by atoms with van der Waals surface area (Å²) >= 11 is 3.05.